The summed E-state index contributed by atoms with van der Waals surface area (Å²) in [7, 11) is -0.830. The zero-order valence-electron chi connectivity index (χ0n) is 14.7. The molecule has 0 saturated heterocycles. The minimum Gasteiger partial charge on any atom is -0.478 e. The summed E-state index contributed by atoms with van der Waals surface area (Å²) in [4.78, 5) is 16.6. The number of aromatic nitrogens is 1. The van der Waals surface area contributed by atoms with Crippen LogP contribution >= 0.6 is 11.6 Å². The summed E-state index contributed by atoms with van der Waals surface area (Å²) in [6, 6.07) is 7.54. The van der Waals surface area contributed by atoms with E-state index in [-0.39, 0.29) is 22.0 Å². The molecule has 1 N–H and O–H groups in total. The molecule has 1 aromatic carbocycles. The minimum absolute atomic E-state index is 0.00608. The summed E-state index contributed by atoms with van der Waals surface area (Å²) in [6.07, 6.45) is 1.60. The number of halogens is 1. The summed E-state index contributed by atoms with van der Waals surface area (Å²) in [5.74, 6) is -0.0533. The van der Waals surface area contributed by atoms with Gasteiger partial charge in [0, 0.05) is 32.4 Å². The van der Waals surface area contributed by atoms with Crippen LogP contribution < -0.4 is 10.1 Å². The third kappa shape index (κ3) is 4.51. The molecule has 1 amide bonds. The predicted molar refractivity (Wildman–Crippen MR) is 98.9 cm³/mol. The van der Waals surface area contributed by atoms with Crippen LogP contribution in [0.5, 0.6) is 5.88 Å². The largest absolute Gasteiger partial charge is 0.478 e. The van der Waals surface area contributed by atoms with E-state index in [0.29, 0.717) is 18.1 Å². The van der Waals surface area contributed by atoms with Crippen LogP contribution in [0.1, 0.15) is 22.8 Å². The van der Waals surface area contributed by atoms with Gasteiger partial charge in [-0.05, 0) is 31.2 Å². The molecule has 0 spiro atoms. The van der Waals surface area contributed by atoms with Crippen molar-refractivity contribution in [1.29, 1.82) is 0 Å². The van der Waals surface area contributed by atoms with Gasteiger partial charge in [-0.3, -0.25) is 4.79 Å². The Bertz CT molecular complexity index is 901. The van der Waals surface area contributed by atoms with Gasteiger partial charge in [0.25, 0.3) is 5.91 Å². The Hall–Kier alpha value is -2.16. The van der Waals surface area contributed by atoms with Gasteiger partial charge in [-0.1, -0.05) is 17.7 Å². The average Bonchev–Trinajstić information content (AvgIpc) is 2.61. The molecule has 140 valence electrons. The minimum atomic E-state index is -3.67. The van der Waals surface area contributed by atoms with Crippen molar-refractivity contribution >= 4 is 27.5 Å². The zero-order valence-corrected chi connectivity index (χ0v) is 16.3. The second-order valence-electron chi connectivity index (χ2n) is 5.51. The van der Waals surface area contributed by atoms with E-state index >= 15 is 0 Å². The molecule has 7 nitrogen and oxygen atoms in total. The van der Waals surface area contributed by atoms with Gasteiger partial charge in [0.1, 0.15) is 0 Å². The number of carbonyl (C=O) groups excluding carboxylic acids is 1. The monoisotopic (exact) mass is 397 g/mol. The van der Waals surface area contributed by atoms with Crippen LogP contribution in [0.15, 0.2) is 41.4 Å². The second kappa shape index (κ2) is 8.48. The average molecular weight is 398 g/mol. The summed E-state index contributed by atoms with van der Waals surface area (Å²) < 4.78 is 31.0. The van der Waals surface area contributed by atoms with Crippen LogP contribution in [0.4, 0.5) is 0 Å². The van der Waals surface area contributed by atoms with Crippen molar-refractivity contribution in [1.82, 2.24) is 14.6 Å². The number of hydrogen-bond donors (Lipinski definition) is 1. The van der Waals surface area contributed by atoms with Crippen LogP contribution in [-0.4, -0.2) is 44.3 Å². The molecular formula is C17H20ClN3O4S. The number of hydrogen-bond acceptors (Lipinski definition) is 5. The van der Waals surface area contributed by atoms with E-state index in [1.807, 2.05) is 6.92 Å². The SMILES string of the molecule is CCOc1ncccc1CNC(=O)c1cc(S(=O)(=O)N(C)C)ccc1Cl. The first-order valence-electron chi connectivity index (χ1n) is 7.84. The van der Waals surface area contributed by atoms with Crippen LogP contribution in [0.2, 0.25) is 5.02 Å². The molecule has 0 unspecified atom stereocenters. The summed E-state index contributed by atoms with van der Waals surface area (Å²) >= 11 is 6.08. The van der Waals surface area contributed by atoms with E-state index in [2.05, 4.69) is 10.3 Å². The molecule has 0 bridgehead atoms. The highest BCUT2D eigenvalue weighted by atomic mass is 35.5. The van der Waals surface area contributed by atoms with E-state index in [4.69, 9.17) is 16.3 Å². The number of nitrogens with zero attached hydrogens (tertiary/aromatic N) is 2. The van der Waals surface area contributed by atoms with Crippen molar-refractivity contribution in [3.63, 3.8) is 0 Å². The van der Waals surface area contributed by atoms with Crippen molar-refractivity contribution in [2.24, 2.45) is 0 Å². The lowest BCUT2D eigenvalue weighted by atomic mass is 10.2. The fraction of sp³-hybridized carbons (Fsp3) is 0.294. The third-order valence-electron chi connectivity index (χ3n) is 3.53. The molecule has 26 heavy (non-hydrogen) atoms. The van der Waals surface area contributed by atoms with Crippen molar-refractivity contribution < 1.29 is 17.9 Å². The molecule has 0 aliphatic rings. The second-order valence-corrected chi connectivity index (χ2v) is 8.07. The normalized spacial score (nSPS) is 11.4. The summed E-state index contributed by atoms with van der Waals surface area (Å²) in [5, 5.41) is 2.87. The number of carbonyl (C=O) groups is 1. The number of nitrogens with one attached hydrogen (secondary N) is 1. The Morgan fingerprint density at radius 3 is 2.69 bits per heavy atom. The lowest BCUT2D eigenvalue weighted by Crippen LogP contribution is -2.25. The van der Waals surface area contributed by atoms with E-state index in [1.165, 1.54) is 32.3 Å². The maximum Gasteiger partial charge on any atom is 0.253 e. The van der Waals surface area contributed by atoms with Gasteiger partial charge < -0.3 is 10.1 Å². The van der Waals surface area contributed by atoms with Crippen molar-refractivity contribution in [2.45, 2.75) is 18.4 Å². The fourth-order valence-electron chi connectivity index (χ4n) is 2.15. The molecular weight excluding hydrogens is 378 g/mol. The Labute approximate surface area is 158 Å². The lowest BCUT2D eigenvalue weighted by Gasteiger charge is -2.14. The number of amides is 1. The summed E-state index contributed by atoms with van der Waals surface area (Å²) in [5.41, 5.74) is 0.785. The highest BCUT2D eigenvalue weighted by Gasteiger charge is 2.21. The molecule has 1 aromatic heterocycles. The predicted octanol–water partition coefficient (Wildman–Crippen LogP) is 2.31. The quantitative estimate of drug-likeness (QED) is 0.774. The molecule has 2 aromatic rings. The number of benzene rings is 1. The van der Waals surface area contributed by atoms with Crippen LogP contribution in [0.3, 0.4) is 0 Å². The van der Waals surface area contributed by atoms with E-state index in [1.54, 1.807) is 18.3 Å². The standard InChI is InChI=1S/C17H20ClN3O4S/c1-4-25-17-12(6-5-9-19-17)11-20-16(22)14-10-13(7-8-15(14)18)26(23,24)21(2)3/h5-10H,4,11H2,1-3H3,(H,20,22). The van der Waals surface area contributed by atoms with Gasteiger partial charge in [-0.2, -0.15) is 0 Å². The van der Waals surface area contributed by atoms with Gasteiger partial charge in [0.05, 0.1) is 22.1 Å². The summed E-state index contributed by atoms with van der Waals surface area (Å²) in [6.45, 7) is 2.46. The molecule has 0 fully saturated rings. The van der Waals surface area contributed by atoms with E-state index in [0.717, 1.165) is 4.31 Å². The molecule has 2 rings (SSSR count). The van der Waals surface area contributed by atoms with Crippen molar-refractivity contribution in [2.75, 3.05) is 20.7 Å². The van der Waals surface area contributed by atoms with Crippen molar-refractivity contribution in [3.8, 4) is 5.88 Å². The molecule has 0 aliphatic heterocycles. The number of sulfonamides is 1. The Morgan fingerprint density at radius 2 is 2.04 bits per heavy atom. The number of ether oxygens (including phenoxy) is 1. The first kappa shape index (κ1) is 20.2. The topological polar surface area (TPSA) is 88.6 Å². The highest BCUT2D eigenvalue weighted by Crippen LogP contribution is 2.22. The third-order valence-corrected chi connectivity index (χ3v) is 5.67. The fourth-order valence-corrected chi connectivity index (χ4v) is 3.28. The molecule has 9 heteroatoms. The van der Waals surface area contributed by atoms with E-state index < -0.39 is 15.9 Å². The molecule has 0 aliphatic carbocycles. The van der Waals surface area contributed by atoms with Gasteiger partial charge in [0.15, 0.2) is 0 Å². The molecule has 0 atom stereocenters. The first-order valence-corrected chi connectivity index (χ1v) is 9.66. The van der Waals surface area contributed by atoms with Gasteiger partial charge in [0.2, 0.25) is 15.9 Å². The van der Waals surface area contributed by atoms with Gasteiger partial charge in [-0.25, -0.2) is 17.7 Å². The zero-order chi connectivity index (χ0) is 19.3. The Kier molecular flexibility index (Phi) is 6.57. The molecule has 1 heterocycles. The van der Waals surface area contributed by atoms with Gasteiger partial charge >= 0.3 is 0 Å². The molecule has 0 radical (unpaired) electrons. The maximum atomic E-state index is 12.5. The Balaban J connectivity index is 2.23. The van der Waals surface area contributed by atoms with Crippen LogP contribution in [0, 0.1) is 0 Å². The number of pyridine rings is 1. The van der Waals surface area contributed by atoms with Gasteiger partial charge in [-0.15, -0.1) is 0 Å². The smallest absolute Gasteiger partial charge is 0.253 e. The maximum absolute atomic E-state index is 12.5. The lowest BCUT2D eigenvalue weighted by molar-refractivity contribution is 0.0950. The number of rotatable bonds is 7. The van der Waals surface area contributed by atoms with E-state index in [9.17, 15) is 13.2 Å². The Morgan fingerprint density at radius 1 is 1.31 bits per heavy atom. The first-order chi connectivity index (χ1) is 12.3. The van der Waals surface area contributed by atoms with Crippen LogP contribution in [-0.2, 0) is 16.6 Å². The van der Waals surface area contributed by atoms with Crippen LogP contribution in [0.25, 0.3) is 0 Å². The highest BCUT2D eigenvalue weighted by molar-refractivity contribution is 7.89. The van der Waals surface area contributed by atoms with Crippen molar-refractivity contribution in [3.05, 3.63) is 52.7 Å². The molecule has 0 saturated carbocycles.